The van der Waals surface area contributed by atoms with Gasteiger partial charge >= 0.3 is 0 Å². The van der Waals surface area contributed by atoms with Crippen molar-refractivity contribution in [2.75, 3.05) is 27.7 Å². The number of quaternary nitrogens is 1. The minimum atomic E-state index is -0.538. The van der Waals surface area contributed by atoms with Gasteiger partial charge in [-0.3, -0.25) is 0 Å². The Hall–Kier alpha value is -1.06. The highest BCUT2D eigenvalue weighted by Crippen LogP contribution is 2.39. The first-order valence-corrected chi connectivity index (χ1v) is 7.70. The van der Waals surface area contributed by atoms with E-state index >= 15 is 0 Å². The molecule has 0 aromatic heterocycles. The molecule has 1 saturated carbocycles. The number of nitrogens with one attached hydrogen (secondary N) is 1. The van der Waals surface area contributed by atoms with E-state index < -0.39 is 5.60 Å². The Morgan fingerprint density at radius 1 is 1.15 bits per heavy atom. The van der Waals surface area contributed by atoms with Gasteiger partial charge in [0.1, 0.15) is 5.75 Å². The Bertz CT molecular complexity index is 408. The van der Waals surface area contributed by atoms with Crippen LogP contribution < -0.4 is 9.64 Å². The highest BCUT2D eigenvalue weighted by atomic mass is 16.5. The predicted octanol–water partition coefficient (Wildman–Crippen LogP) is 1.62. The molecule has 2 rings (SSSR count). The standard InChI is InChI=1S/C17H27NO2/c1-18(2)13-16(17(19)11-5-4-6-12-17)14-7-9-15(20-3)10-8-14/h7-10,16,19H,4-6,11-13H2,1-3H3/p+1/t16-/m0/s1. The summed E-state index contributed by atoms with van der Waals surface area (Å²) in [4.78, 5) is 1.38. The maximum atomic E-state index is 11.1. The van der Waals surface area contributed by atoms with Crippen LogP contribution in [0.25, 0.3) is 0 Å². The number of aliphatic hydroxyl groups is 1. The molecule has 0 amide bonds. The number of likely N-dealkylation sites (N-methyl/N-ethyl adjacent to an activating group) is 1. The summed E-state index contributed by atoms with van der Waals surface area (Å²) in [5.74, 6) is 1.08. The third-order valence-corrected chi connectivity index (χ3v) is 4.50. The summed E-state index contributed by atoms with van der Waals surface area (Å²) in [6, 6.07) is 8.22. The van der Waals surface area contributed by atoms with Crippen molar-refractivity contribution in [1.82, 2.24) is 0 Å². The minimum Gasteiger partial charge on any atom is -0.497 e. The molecule has 3 heteroatoms. The van der Waals surface area contributed by atoms with E-state index in [0.29, 0.717) is 0 Å². The third-order valence-electron chi connectivity index (χ3n) is 4.50. The van der Waals surface area contributed by atoms with E-state index in [9.17, 15) is 5.11 Å². The summed E-state index contributed by atoms with van der Waals surface area (Å²) < 4.78 is 5.23. The average molecular weight is 278 g/mol. The van der Waals surface area contributed by atoms with Crippen molar-refractivity contribution < 1.29 is 14.7 Å². The van der Waals surface area contributed by atoms with Crippen molar-refractivity contribution in [3.05, 3.63) is 29.8 Å². The Morgan fingerprint density at radius 2 is 1.75 bits per heavy atom. The number of benzene rings is 1. The monoisotopic (exact) mass is 278 g/mol. The van der Waals surface area contributed by atoms with Crippen molar-refractivity contribution >= 4 is 0 Å². The van der Waals surface area contributed by atoms with Crippen LogP contribution >= 0.6 is 0 Å². The van der Waals surface area contributed by atoms with E-state index in [1.807, 2.05) is 12.1 Å². The van der Waals surface area contributed by atoms with Gasteiger partial charge in [0.25, 0.3) is 0 Å². The van der Waals surface area contributed by atoms with Gasteiger partial charge < -0.3 is 14.7 Å². The van der Waals surface area contributed by atoms with E-state index in [1.165, 1.54) is 16.9 Å². The van der Waals surface area contributed by atoms with Gasteiger partial charge in [-0.25, -0.2) is 0 Å². The molecule has 1 aromatic rings. The van der Waals surface area contributed by atoms with Gasteiger partial charge in [0.05, 0.1) is 39.3 Å². The van der Waals surface area contributed by atoms with Crippen LogP contribution in [0.5, 0.6) is 5.75 Å². The highest BCUT2D eigenvalue weighted by molar-refractivity contribution is 5.31. The summed E-state index contributed by atoms with van der Waals surface area (Å²) in [6.45, 7) is 0.961. The van der Waals surface area contributed by atoms with Crippen molar-refractivity contribution in [1.29, 1.82) is 0 Å². The van der Waals surface area contributed by atoms with Gasteiger partial charge in [-0.05, 0) is 30.5 Å². The lowest BCUT2D eigenvalue weighted by Gasteiger charge is -2.39. The second-order valence-electron chi connectivity index (χ2n) is 6.40. The Morgan fingerprint density at radius 3 is 2.25 bits per heavy atom. The van der Waals surface area contributed by atoms with Crippen LogP contribution in [0.2, 0.25) is 0 Å². The average Bonchev–Trinajstić information content (AvgIpc) is 2.45. The molecule has 0 saturated heterocycles. The molecule has 20 heavy (non-hydrogen) atoms. The van der Waals surface area contributed by atoms with Crippen LogP contribution in [0.4, 0.5) is 0 Å². The van der Waals surface area contributed by atoms with Gasteiger partial charge in [0, 0.05) is 0 Å². The molecule has 1 aliphatic carbocycles. The molecule has 3 nitrogen and oxygen atoms in total. The smallest absolute Gasteiger partial charge is 0.118 e. The third kappa shape index (κ3) is 3.53. The zero-order valence-electron chi connectivity index (χ0n) is 13.0. The van der Waals surface area contributed by atoms with Gasteiger partial charge in [-0.15, -0.1) is 0 Å². The zero-order chi connectivity index (χ0) is 14.6. The molecule has 0 heterocycles. The molecule has 0 aliphatic heterocycles. The van der Waals surface area contributed by atoms with Crippen molar-refractivity contribution in [3.8, 4) is 5.75 Å². The zero-order valence-corrected chi connectivity index (χ0v) is 13.0. The lowest BCUT2D eigenvalue weighted by atomic mass is 9.72. The van der Waals surface area contributed by atoms with Crippen LogP contribution in [-0.2, 0) is 0 Å². The van der Waals surface area contributed by atoms with Gasteiger partial charge in [-0.1, -0.05) is 31.4 Å². The summed E-state index contributed by atoms with van der Waals surface area (Å²) in [7, 11) is 6.00. The molecule has 1 fully saturated rings. The van der Waals surface area contributed by atoms with E-state index in [2.05, 4.69) is 26.2 Å². The maximum absolute atomic E-state index is 11.1. The van der Waals surface area contributed by atoms with Crippen molar-refractivity contribution in [2.45, 2.75) is 43.6 Å². The number of hydrogen-bond acceptors (Lipinski definition) is 2. The quantitative estimate of drug-likeness (QED) is 0.858. The van der Waals surface area contributed by atoms with Crippen LogP contribution in [0.15, 0.2) is 24.3 Å². The summed E-state index contributed by atoms with van der Waals surface area (Å²) in [5.41, 5.74) is 0.695. The van der Waals surface area contributed by atoms with Crippen LogP contribution in [0.3, 0.4) is 0 Å². The van der Waals surface area contributed by atoms with Crippen LogP contribution in [0, 0.1) is 0 Å². The maximum Gasteiger partial charge on any atom is 0.118 e. The first-order valence-electron chi connectivity index (χ1n) is 7.70. The molecule has 0 unspecified atom stereocenters. The SMILES string of the molecule is COc1ccc([C@H](C[NH+](C)C)C2(O)CCCCC2)cc1. The lowest BCUT2D eigenvalue weighted by Crippen LogP contribution is -3.06. The second kappa shape index (κ2) is 6.59. The van der Waals surface area contributed by atoms with Crippen molar-refractivity contribution in [2.24, 2.45) is 0 Å². The van der Waals surface area contributed by atoms with E-state index in [-0.39, 0.29) is 5.92 Å². The Kier molecular flexibility index (Phi) is 5.06. The van der Waals surface area contributed by atoms with Gasteiger partial charge in [0.2, 0.25) is 0 Å². The van der Waals surface area contributed by atoms with Gasteiger partial charge in [-0.2, -0.15) is 0 Å². The first kappa shape index (κ1) is 15.3. The number of rotatable bonds is 5. The molecule has 0 spiro atoms. The Balaban J connectivity index is 2.25. The topological polar surface area (TPSA) is 33.9 Å². The number of hydrogen-bond donors (Lipinski definition) is 2. The minimum absolute atomic E-state index is 0.207. The van der Waals surface area contributed by atoms with Crippen LogP contribution in [-0.4, -0.2) is 38.5 Å². The van der Waals surface area contributed by atoms with Crippen molar-refractivity contribution in [3.63, 3.8) is 0 Å². The van der Waals surface area contributed by atoms with E-state index in [0.717, 1.165) is 38.0 Å². The number of methoxy groups -OCH3 is 1. The molecule has 0 bridgehead atoms. The van der Waals surface area contributed by atoms with Gasteiger partial charge in [0.15, 0.2) is 0 Å². The summed E-state index contributed by atoms with van der Waals surface area (Å²) in [5, 5.41) is 11.1. The number of ether oxygens (including phenoxy) is 1. The fourth-order valence-electron chi connectivity index (χ4n) is 3.38. The molecule has 1 aliphatic rings. The van der Waals surface area contributed by atoms with E-state index in [1.54, 1.807) is 7.11 Å². The molecule has 2 N–H and O–H groups in total. The molecule has 1 atom stereocenters. The normalized spacial score (nSPS) is 19.9. The molecule has 112 valence electrons. The van der Waals surface area contributed by atoms with E-state index in [4.69, 9.17) is 4.74 Å². The Labute approximate surface area is 122 Å². The molecular formula is C17H28NO2+. The fraction of sp³-hybridized carbons (Fsp3) is 0.647. The highest BCUT2D eigenvalue weighted by Gasteiger charge is 2.40. The molecule has 0 radical (unpaired) electrons. The van der Waals surface area contributed by atoms with Crippen LogP contribution in [0.1, 0.15) is 43.6 Å². The molecular weight excluding hydrogens is 250 g/mol. The lowest BCUT2D eigenvalue weighted by molar-refractivity contribution is -0.860. The first-order chi connectivity index (χ1) is 9.55. The fourth-order valence-corrected chi connectivity index (χ4v) is 3.38. The summed E-state index contributed by atoms with van der Waals surface area (Å²) in [6.07, 6.45) is 5.40. The summed E-state index contributed by atoms with van der Waals surface area (Å²) >= 11 is 0. The molecule has 1 aromatic carbocycles. The largest absolute Gasteiger partial charge is 0.497 e. The second-order valence-corrected chi connectivity index (χ2v) is 6.40. The predicted molar refractivity (Wildman–Crippen MR) is 81.4 cm³/mol.